The highest BCUT2D eigenvalue weighted by Gasteiger charge is 2.84. The molecule has 6 aliphatic rings. The number of allylic oxidation sites excluding steroid dienone is 1. The normalized spacial score (nSPS) is 52.2. The largest absolute Gasteiger partial charge is 0.481 e. The minimum atomic E-state index is -1.22. The van der Waals surface area contributed by atoms with Gasteiger partial charge in [-0.1, -0.05) is 45.8 Å². The smallest absolute Gasteiger partial charge is 0.315 e. The summed E-state index contributed by atoms with van der Waals surface area (Å²) in [5.41, 5.74) is -1.80. The molecule has 4 bridgehead atoms. The van der Waals surface area contributed by atoms with E-state index in [-0.39, 0.29) is 48.8 Å². The van der Waals surface area contributed by atoms with Crippen molar-refractivity contribution in [3.8, 4) is 0 Å². The number of rotatable bonds is 9. The van der Waals surface area contributed by atoms with Crippen molar-refractivity contribution in [2.45, 2.75) is 97.4 Å². The van der Waals surface area contributed by atoms with E-state index in [1.807, 2.05) is 6.92 Å². The van der Waals surface area contributed by atoms with Crippen LogP contribution in [0, 0.1) is 45.8 Å². The van der Waals surface area contributed by atoms with Crippen LogP contribution in [0.5, 0.6) is 0 Å². The van der Waals surface area contributed by atoms with E-state index >= 15 is 0 Å². The van der Waals surface area contributed by atoms with Crippen LogP contribution in [-0.2, 0) is 28.5 Å². The first-order valence-electron chi connectivity index (χ1n) is 14.1. The minimum Gasteiger partial charge on any atom is -0.481 e. The summed E-state index contributed by atoms with van der Waals surface area (Å²) < 4.78 is 24.8. The lowest BCUT2D eigenvalue weighted by Gasteiger charge is -2.58. The molecule has 0 radical (unpaired) electrons. The van der Waals surface area contributed by atoms with Crippen LogP contribution in [0.2, 0.25) is 0 Å². The first-order chi connectivity index (χ1) is 17.2. The van der Waals surface area contributed by atoms with E-state index in [1.165, 1.54) is 0 Å². The first kappa shape index (κ1) is 25.0. The molecule has 12 atom stereocenters. The topological polar surface area (TPSA) is 94.6 Å². The molecule has 5 fully saturated rings. The number of carboxylic acid groups (broad SMARTS) is 1. The first-order valence-corrected chi connectivity index (χ1v) is 14.1. The fourth-order valence-electron chi connectivity index (χ4n) is 9.74. The Hall–Kier alpha value is -1.28. The Morgan fingerprint density at radius 2 is 1.97 bits per heavy atom. The molecule has 0 spiro atoms. The number of hydrogen-bond acceptors (Lipinski definition) is 6. The van der Waals surface area contributed by atoms with Gasteiger partial charge in [-0.2, -0.15) is 0 Å². The molecule has 2 aliphatic heterocycles. The number of ether oxygens (including phenoxy) is 4. The molecule has 0 aromatic carbocycles. The Kier molecular flexibility index (Phi) is 5.81. The summed E-state index contributed by atoms with van der Waals surface area (Å²) in [6.07, 6.45) is 6.58. The second kappa shape index (κ2) is 8.36. The third-order valence-corrected chi connectivity index (χ3v) is 11.1. The van der Waals surface area contributed by atoms with Crippen molar-refractivity contribution in [1.82, 2.24) is 0 Å². The second-order valence-corrected chi connectivity index (χ2v) is 12.9. The third-order valence-electron chi connectivity index (χ3n) is 11.1. The molecule has 0 amide bonds. The molecule has 2 saturated heterocycles. The van der Waals surface area contributed by atoms with Crippen LogP contribution in [0.1, 0.15) is 66.7 Å². The zero-order chi connectivity index (χ0) is 25.6. The van der Waals surface area contributed by atoms with Crippen molar-refractivity contribution in [3.63, 3.8) is 0 Å². The highest BCUT2D eigenvalue weighted by atomic mass is 16.7. The molecule has 0 unspecified atom stereocenters. The maximum atomic E-state index is 13.5. The lowest BCUT2D eigenvalue weighted by molar-refractivity contribution is -0.239. The Labute approximate surface area is 214 Å². The van der Waals surface area contributed by atoms with Crippen molar-refractivity contribution in [1.29, 1.82) is 0 Å². The number of epoxide rings is 1. The number of carbonyl (C=O) groups excluding carboxylic acids is 1. The Balaban J connectivity index is 1.34. The summed E-state index contributed by atoms with van der Waals surface area (Å²) in [4.78, 5) is 26.7. The third kappa shape index (κ3) is 2.89. The number of fused-ring (bicyclic) bond motifs is 3. The zero-order valence-corrected chi connectivity index (χ0v) is 22.3. The van der Waals surface area contributed by atoms with E-state index in [1.54, 1.807) is 0 Å². The lowest BCUT2D eigenvalue weighted by atomic mass is 9.43. The highest BCUT2D eigenvalue weighted by molar-refractivity contribution is 5.90. The standard InChI is InChI=1S/C29H42O7/c1-6-9-33-22-17(5)35-25(24-23(22)36-24)34-14-28-12-19-16(4)7-8-20(19)27(13-30)11-18(28)10-21(15(2)3)29(27,28)26(31)32/h10,13,15-20,22-25H,6-9,11-12,14H2,1-5H3,(H,31,32)/t16-,17-,18+,19-,20-,22-,23+,24+,25-,27+,28+,29+/m1/s1. The molecule has 0 aromatic heterocycles. The maximum Gasteiger partial charge on any atom is 0.315 e. The molecule has 3 saturated carbocycles. The number of hydrogen-bond donors (Lipinski definition) is 1. The Morgan fingerprint density at radius 1 is 1.19 bits per heavy atom. The van der Waals surface area contributed by atoms with E-state index in [0.29, 0.717) is 24.9 Å². The van der Waals surface area contributed by atoms with Gasteiger partial charge in [0.1, 0.15) is 30.0 Å². The van der Waals surface area contributed by atoms with Crippen molar-refractivity contribution >= 4 is 12.3 Å². The summed E-state index contributed by atoms with van der Waals surface area (Å²) in [6, 6.07) is 0. The summed E-state index contributed by atoms with van der Waals surface area (Å²) in [7, 11) is 0. The van der Waals surface area contributed by atoms with Gasteiger partial charge in [0.25, 0.3) is 0 Å². The molecule has 200 valence electrons. The van der Waals surface area contributed by atoms with Crippen molar-refractivity contribution in [2.75, 3.05) is 13.2 Å². The van der Waals surface area contributed by atoms with E-state index in [4.69, 9.17) is 18.9 Å². The van der Waals surface area contributed by atoms with Gasteiger partial charge in [0.15, 0.2) is 6.29 Å². The van der Waals surface area contributed by atoms with Gasteiger partial charge in [-0.3, -0.25) is 4.79 Å². The Morgan fingerprint density at radius 3 is 2.64 bits per heavy atom. The average molecular weight is 503 g/mol. The van der Waals surface area contributed by atoms with E-state index in [0.717, 1.165) is 37.5 Å². The van der Waals surface area contributed by atoms with Crippen LogP contribution in [0.25, 0.3) is 0 Å². The van der Waals surface area contributed by atoms with Gasteiger partial charge in [-0.25, -0.2) is 0 Å². The van der Waals surface area contributed by atoms with Gasteiger partial charge in [0, 0.05) is 12.0 Å². The van der Waals surface area contributed by atoms with Crippen molar-refractivity contribution in [2.24, 2.45) is 45.8 Å². The number of aldehydes is 1. The number of carbonyl (C=O) groups is 2. The molecule has 7 heteroatoms. The van der Waals surface area contributed by atoms with Crippen molar-refractivity contribution in [3.05, 3.63) is 11.6 Å². The van der Waals surface area contributed by atoms with Gasteiger partial charge < -0.3 is 28.8 Å². The monoisotopic (exact) mass is 502 g/mol. The van der Waals surface area contributed by atoms with Gasteiger partial charge in [0.05, 0.1) is 18.1 Å². The highest BCUT2D eigenvalue weighted by Crippen LogP contribution is 2.82. The average Bonchev–Trinajstić information content (AvgIpc) is 3.44. The van der Waals surface area contributed by atoms with E-state index < -0.39 is 28.5 Å². The SMILES string of the molecule is CCCO[C@H]1[C@@H]2O[C@@H]2[C@H](OC[C@@]23C[C@@H]4[C@H](C)CC[C@H]4[C@@]4(C=O)C[C@@H]2C=C(C(C)C)[C@@]34C(=O)O)O[C@@H]1C. The maximum absolute atomic E-state index is 13.5. The number of aliphatic carboxylic acids is 1. The van der Waals surface area contributed by atoms with Crippen molar-refractivity contribution < 1.29 is 33.6 Å². The molecular weight excluding hydrogens is 460 g/mol. The molecule has 7 nitrogen and oxygen atoms in total. The molecule has 2 heterocycles. The van der Waals surface area contributed by atoms with Crippen LogP contribution in [0.3, 0.4) is 0 Å². The molecule has 1 N–H and O–H groups in total. The summed E-state index contributed by atoms with van der Waals surface area (Å²) in [5, 5.41) is 11.1. The second-order valence-electron chi connectivity index (χ2n) is 12.9. The summed E-state index contributed by atoms with van der Waals surface area (Å²) in [5.74, 6) is 0.186. The van der Waals surface area contributed by atoms with Crippen LogP contribution in [-0.4, -0.2) is 61.3 Å². The van der Waals surface area contributed by atoms with E-state index in [9.17, 15) is 14.7 Å². The minimum absolute atomic E-state index is 0.0200. The summed E-state index contributed by atoms with van der Waals surface area (Å²) in [6.45, 7) is 11.4. The number of carboxylic acids is 1. The van der Waals surface area contributed by atoms with Crippen LogP contribution >= 0.6 is 0 Å². The molecule has 6 rings (SSSR count). The summed E-state index contributed by atoms with van der Waals surface area (Å²) >= 11 is 0. The van der Waals surface area contributed by atoms with Gasteiger partial charge >= 0.3 is 5.97 Å². The molecular formula is C29H42O7. The Bertz CT molecular complexity index is 959. The molecule has 36 heavy (non-hydrogen) atoms. The predicted molar refractivity (Wildman–Crippen MR) is 131 cm³/mol. The van der Waals surface area contributed by atoms with Crippen LogP contribution in [0.15, 0.2) is 11.6 Å². The van der Waals surface area contributed by atoms with E-state index in [2.05, 4.69) is 33.8 Å². The molecule has 4 aliphatic carbocycles. The lowest BCUT2D eigenvalue weighted by Crippen LogP contribution is -2.64. The van der Waals surface area contributed by atoms with Gasteiger partial charge in [0.2, 0.25) is 0 Å². The van der Waals surface area contributed by atoms with Crippen LogP contribution < -0.4 is 0 Å². The fraction of sp³-hybridized carbons (Fsp3) is 0.862. The fourth-order valence-corrected chi connectivity index (χ4v) is 9.74. The predicted octanol–water partition coefficient (Wildman–Crippen LogP) is 4.24. The quantitative estimate of drug-likeness (QED) is 0.286. The zero-order valence-electron chi connectivity index (χ0n) is 22.3. The van der Waals surface area contributed by atoms with Gasteiger partial charge in [-0.15, -0.1) is 0 Å². The van der Waals surface area contributed by atoms with Gasteiger partial charge in [-0.05, 0) is 62.2 Å². The molecule has 0 aromatic rings. The van der Waals surface area contributed by atoms with Crippen LogP contribution in [0.4, 0.5) is 0 Å².